The Bertz CT molecular complexity index is 585. The minimum Gasteiger partial charge on any atom is -0.386 e. The van der Waals surface area contributed by atoms with Crippen molar-refractivity contribution in [2.75, 3.05) is 44.4 Å². The van der Waals surface area contributed by atoms with E-state index in [0.717, 1.165) is 43.6 Å². The predicted molar refractivity (Wildman–Crippen MR) is 102 cm³/mol. The summed E-state index contributed by atoms with van der Waals surface area (Å²) < 4.78 is 0. The molecule has 1 fully saturated rings. The molecule has 138 valence electrons. The van der Waals surface area contributed by atoms with Crippen LogP contribution in [0, 0.1) is 0 Å². The second kappa shape index (κ2) is 9.42. The van der Waals surface area contributed by atoms with Gasteiger partial charge in [0.05, 0.1) is 17.4 Å². The molecule has 0 aromatic heterocycles. The van der Waals surface area contributed by atoms with E-state index in [-0.39, 0.29) is 11.9 Å². The van der Waals surface area contributed by atoms with E-state index in [0.29, 0.717) is 18.8 Å². The Morgan fingerprint density at radius 3 is 2.68 bits per heavy atom. The lowest BCUT2D eigenvalue weighted by Gasteiger charge is -2.29. The normalized spacial score (nSPS) is 16.1. The van der Waals surface area contributed by atoms with Gasteiger partial charge in [0, 0.05) is 27.6 Å². The number of aldehydes is 1. The van der Waals surface area contributed by atoms with Crippen LogP contribution in [0.4, 0.5) is 11.4 Å². The molecule has 1 atom stereocenters. The number of carbonyl (C=O) groups is 2. The predicted octanol–water partition coefficient (Wildman–Crippen LogP) is 1.73. The lowest BCUT2D eigenvalue weighted by atomic mass is 9.89. The zero-order chi connectivity index (χ0) is 18.2. The molecule has 1 aromatic rings. The zero-order valence-corrected chi connectivity index (χ0v) is 15.5. The van der Waals surface area contributed by atoms with Crippen LogP contribution in [-0.4, -0.2) is 52.5 Å². The van der Waals surface area contributed by atoms with E-state index in [4.69, 9.17) is 0 Å². The summed E-state index contributed by atoms with van der Waals surface area (Å²) in [5.74, 6) is 0.540. The smallest absolute Gasteiger partial charge is 0.219 e. The van der Waals surface area contributed by atoms with Crippen LogP contribution in [0.15, 0.2) is 18.2 Å². The Kier molecular flexibility index (Phi) is 7.25. The molecule has 1 saturated heterocycles. The molecule has 6 heteroatoms. The molecule has 3 N–H and O–H groups in total. The van der Waals surface area contributed by atoms with Crippen molar-refractivity contribution in [3.8, 4) is 0 Å². The maximum atomic E-state index is 11.5. The van der Waals surface area contributed by atoms with Gasteiger partial charge in [0.25, 0.3) is 0 Å². The number of hydrogen-bond acceptors (Lipinski definition) is 5. The number of rotatable bonds is 8. The average molecular weight is 346 g/mol. The van der Waals surface area contributed by atoms with Crippen LogP contribution in [0.25, 0.3) is 0 Å². The van der Waals surface area contributed by atoms with Crippen molar-refractivity contribution < 1.29 is 9.59 Å². The van der Waals surface area contributed by atoms with Gasteiger partial charge in [0.1, 0.15) is 6.29 Å². The highest BCUT2D eigenvalue weighted by Gasteiger charge is 2.20. The molecule has 1 amide bonds. The van der Waals surface area contributed by atoms with Crippen molar-refractivity contribution in [3.63, 3.8) is 0 Å². The topological polar surface area (TPSA) is 73.5 Å². The minimum absolute atomic E-state index is 0.0460. The Balaban J connectivity index is 2.15. The number of likely N-dealkylation sites (N-methyl/N-ethyl adjacent to an activating group) is 1. The second-order valence-electron chi connectivity index (χ2n) is 6.58. The van der Waals surface area contributed by atoms with E-state index in [1.165, 1.54) is 5.56 Å². The van der Waals surface area contributed by atoms with Crippen LogP contribution < -0.4 is 20.9 Å². The molecule has 0 saturated carbocycles. The molecule has 2 rings (SSSR count). The number of carbonyl (C=O) groups excluding carboxylic acids is 2. The zero-order valence-electron chi connectivity index (χ0n) is 15.5. The first-order valence-corrected chi connectivity index (χ1v) is 9.01. The molecule has 1 aliphatic heterocycles. The van der Waals surface area contributed by atoms with Gasteiger partial charge in [-0.2, -0.15) is 0 Å². The monoisotopic (exact) mass is 346 g/mol. The van der Waals surface area contributed by atoms with Crippen molar-refractivity contribution in [2.45, 2.75) is 37.6 Å². The summed E-state index contributed by atoms with van der Waals surface area (Å²) >= 11 is 0. The number of hydrogen-bond donors (Lipinski definition) is 3. The molecular weight excluding hydrogens is 316 g/mol. The Morgan fingerprint density at radius 1 is 1.36 bits per heavy atom. The summed E-state index contributed by atoms with van der Waals surface area (Å²) in [7, 11) is 5.42. The quantitative estimate of drug-likeness (QED) is 0.625. The highest BCUT2D eigenvalue weighted by atomic mass is 16.1. The van der Waals surface area contributed by atoms with Gasteiger partial charge in [0.2, 0.25) is 5.91 Å². The summed E-state index contributed by atoms with van der Waals surface area (Å²) in [5.41, 5.74) is 3.34. The first-order chi connectivity index (χ1) is 12.1. The van der Waals surface area contributed by atoms with Crippen molar-refractivity contribution >= 4 is 23.6 Å². The van der Waals surface area contributed by atoms with Crippen molar-refractivity contribution in [1.29, 1.82) is 0 Å². The standard InChI is InChI=1S/C19H30N4O2/c1-20-17-12-15(14-8-10-22-11-9-14)4-6-18(17)23(3)16(13-24)5-7-19(25)21-2/h4,6,12-14,16,20,22H,5,7-11H2,1-3H3,(H,21,25). The minimum atomic E-state index is -0.325. The van der Waals surface area contributed by atoms with Gasteiger partial charge < -0.3 is 25.6 Å². The van der Waals surface area contributed by atoms with Crippen LogP contribution in [0.5, 0.6) is 0 Å². The Labute approximate surface area is 150 Å². The maximum absolute atomic E-state index is 11.5. The summed E-state index contributed by atoms with van der Waals surface area (Å²) in [4.78, 5) is 25.0. The van der Waals surface area contributed by atoms with Crippen LogP contribution in [0.1, 0.15) is 37.2 Å². The van der Waals surface area contributed by atoms with Gasteiger partial charge in [-0.3, -0.25) is 4.79 Å². The fourth-order valence-corrected chi connectivity index (χ4v) is 3.41. The van der Waals surface area contributed by atoms with E-state index >= 15 is 0 Å². The van der Waals surface area contributed by atoms with Gasteiger partial charge in [-0.05, 0) is 56.0 Å². The number of nitrogens with zero attached hydrogens (tertiary/aromatic N) is 1. The van der Waals surface area contributed by atoms with E-state index in [9.17, 15) is 9.59 Å². The molecule has 0 aliphatic carbocycles. The van der Waals surface area contributed by atoms with Gasteiger partial charge >= 0.3 is 0 Å². The molecular formula is C19H30N4O2. The summed E-state index contributed by atoms with van der Waals surface area (Å²) in [6, 6.07) is 6.12. The first-order valence-electron chi connectivity index (χ1n) is 9.01. The summed E-state index contributed by atoms with van der Waals surface area (Å²) in [6.45, 7) is 2.13. The van der Waals surface area contributed by atoms with Crippen LogP contribution in [-0.2, 0) is 9.59 Å². The number of piperidine rings is 1. The molecule has 25 heavy (non-hydrogen) atoms. The SMILES string of the molecule is CNC(=O)CCC(C=O)N(C)c1ccc(C2CCNCC2)cc1NC. The van der Waals surface area contributed by atoms with Gasteiger partial charge in [-0.1, -0.05) is 6.07 Å². The second-order valence-corrected chi connectivity index (χ2v) is 6.58. The molecule has 1 aromatic carbocycles. The fourth-order valence-electron chi connectivity index (χ4n) is 3.41. The van der Waals surface area contributed by atoms with E-state index in [2.05, 4.69) is 34.1 Å². The molecule has 0 spiro atoms. The highest BCUT2D eigenvalue weighted by Crippen LogP contribution is 2.33. The van der Waals surface area contributed by atoms with Gasteiger partial charge in [-0.25, -0.2) is 0 Å². The van der Waals surface area contributed by atoms with Crippen molar-refractivity contribution in [1.82, 2.24) is 10.6 Å². The van der Waals surface area contributed by atoms with Crippen molar-refractivity contribution in [2.24, 2.45) is 0 Å². The van der Waals surface area contributed by atoms with E-state index < -0.39 is 0 Å². The highest BCUT2D eigenvalue weighted by molar-refractivity contribution is 5.78. The number of nitrogens with one attached hydrogen (secondary N) is 3. The third-order valence-corrected chi connectivity index (χ3v) is 5.08. The van der Waals surface area contributed by atoms with Gasteiger partial charge in [-0.15, -0.1) is 0 Å². The average Bonchev–Trinajstić information content (AvgIpc) is 2.68. The third kappa shape index (κ3) is 4.95. The van der Waals surface area contributed by atoms with E-state index in [1.807, 2.05) is 19.0 Å². The number of amides is 1. The fraction of sp³-hybridized carbons (Fsp3) is 0.579. The van der Waals surface area contributed by atoms with Crippen LogP contribution in [0.3, 0.4) is 0 Å². The van der Waals surface area contributed by atoms with Crippen LogP contribution >= 0.6 is 0 Å². The number of benzene rings is 1. The molecule has 0 bridgehead atoms. The summed E-state index contributed by atoms with van der Waals surface area (Å²) in [6.07, 6.45) is 4.07. The lowest BCUT2D eigenvalue weighted by Crippen LogP contribution is -2.35. The van der Waals surface area contributed by atoms with Crippen LogP contribution in [0.2, 0.25) is 0 Å². The van der Waals surface area contributed by atoms with Crippen molar-refractivity contribution in [3.05, 3.63) is 23.8 Å². The molecule has 1 unspecified atom stereocenters. The summed E-state index contributed by atoms with van der Waals surface area (Å²) in [5, 5.41) is 9.25. The third-order valence-electron chi connectivity index (χ3n) is 5.08. The molecule has 6 nitrogen and oxygen atoms in total. The van der Waals surface area contributed by atoms with Gasteiger partial charge in [0.15, 0.2) is 0 Å². The molecule has 1 aliphatic rings. The van der Waals surface area contributed by atoms with E-state index in [1.54, 1.807) is 7.05 Å². The lowest BCUT2D eigenvalue weighted by molar-refractivity contribution is -0.120. The Hall–Kier alpha value is -2.08. The number of anilines is 2. The first kappa shape index (κ1) is 19.2. The Morgan fingerprint density at radius 2 is 2.08 bits per heavy atom. The maximum Gasteiger partial charge on any atom is 0.219 e. The molecule has 0 radical (unpaired) electrons. The largest absolute Gasteiger partial charge is 0.386 e. The molecule has 1 heterocycles.